The maximum absolute atomic E-state index is 13.4. The summed E-state index contributed by atoms with van der Waals surface area (Å²) in [6.07, 6.45) is -3.76. The van der Waals surface area contributed by atoms with Crippen LogP contribution in [0.15, 0.2) is 42.5 Å². The van der Waals surface area contributed by atoms with Crippen LogP contribution in [0.25, 0.3) is 0 Å². The summed E-state index contributed by atoms with van der Waals surface area (Å²) in [7, 11) is 0. The fraction of sp³-hybridized carbons (Fsp3) is 0.440. The van der Waals surface area contributed by atoms with Crippen molar-refractivity contribution < 1.29 is 23.1 Å². The average molecular weight is 457 g/mol. The first-order valence-electron chi connectivity index (χ1n) is 11.0. The van der Waals surface area contributed by atoms with Gasteiger partial charge in [-0.3, -0.25) is 4.79 Å². The summed E-state index contributed by atoms with van der Waals surface area (Å²) in [5.41, 5.74) is 0.630. The highest BCUT2D eigenvalue weighted by Gasteiger charge is 2.50. The molecule has 1 N–H and O–H groups in total. The second-order valence-electron chi connectivity index (χ2n) is 9.19. The SMILES string of the molecule is Cc1cccc(CC(=O)N2CC3CN(c4ccc(C#N)c(C(F)(F)F)c4)CCC3(CO)C2)c1. The predicted octanol–water partition coefficient (Wildman–Crippen LogP) is 3.78. The van der Waals surface area contributed by atoms with Crippen LogP contribution in [-0.4, -0.2) is 48.7 Å². The lowest BCUT2D eigenvalue weighted by Gasteiger charge is -2.43. The molecule has 0 saturated carbocycles. The zero-order valence-electron chi connectivity index (χ0n) is 18.4. The van der Waals surface area contributed by atoms with Crippen LogP contribution in [0.1, 0.15) is 28.7 Å². The Hall–Kier alpha value is -3.05. The molecule has 2 saturated heterocycles. The minimum Gasteiger partial charge on any atom is -0.396 e. The Kier molecular flexibility index (Phi) is 6.10. The van der Waals surface area contributed by atoms with E-state index in [1.165, 1.54) is 12.1 Å². The highest BCUT2D eigenvalue weighted by atomic mass is 19.4. The van der Waals surface area contributed by atoms with Gasteiger partial charge in [-0.25, -0.2) is 0 Å². The molecule has 4 rings (SSSR count). The fourth-order valence-electron chi connectivity index (χ4n) is 5.14. The number of alkyl halides is 3. The molecule has 0 aliphatic carbocycles. The molecular formula is C25H26F3N3O2. The van der Waals surface area contributed by atoms with Gasteiger partial charge in [-0.2, -0.15) is 18.4 Å². The van der Waals surface area contributed by atoms with Crippen molar-refractivity contribution >= 4 is 11.6 Å². The Morgan fingerprint density at radius 3 is 2.70 bits per heavy atom. The molecule has 2 aromatic rings. The molecule has 174 valence electrons. The number of aryl methyl sites for hydroxylation is 1. The number of likely N-dealkylation sites (tertiary alicyclic amines) is 1. The molecule has 2 aliphatic rings. The van der Waals surface area contributed by atoms with Gasteiger partial charge in [-0.1, -0.05) is 29.8 Å². The molecule has 2 heterocycles. The van der Waals surface area contributed by atoms with Crippen molar-refractivity contribution in [1.29, 1.82) is 5.26 Å². The molecule has 33 heavy (non-hydrogen) atoms. The van der Waals surface area contributed by atoms with Gasteiger partial charge in [0.25, 0.3) is 0 Å². The zero-order valence-corrected chi connectivity index (χ0v) is 18.4. The van der Waals surface area contributed by atoms with Crippen LogP contribution in [0.5, 0.6) is 0 Å². The number of piperidine rings is 1. The van der Waals surface area contributed by atoms with Crippen molar-refractivity contribution in [1.82, 2.24) is 4.90 Å². The number of hydrogen-bond donors (Lipinski definition) is 1. The summed E-state index contributed by atoms with van der Waals surface area (Å²) >= 11 is 0. The third-order valence-corrected chi connectivity index (χ3v) is 7.03. The highest BCUT2D eigenvalue weighted by molar-refractivity contribution is 5.79. The van der Waals surface area contributed by atoms with Gasteiger partial charge in [-0.05, 0) is 37.1 Å². The van der Waals surface area contributed by atoms with E-state index in [0.29, 0.717) is 38.3 Å². The molecule has 0 radical (unpaired) electrons. The van der Waals surface area contributed by atoms with E-state index in [0.717, 1.165) is 17.2 Å². The Labute approximate surface area is 191 Å². The van der Waals surface area contributed by atoms with Gasteiger partial charge in [0.15, 0.2) is 0 Å². The van der Waals surface area contributed by atoms with Gasteiger partial charge in [0.1, 0.15) is 0 Å². The first-order chi connectivity index (χ1) is 15.6. The molecule has 0 spiro atoms. The van der Waals surface area contributed by atoms with Gasteiger partial charge < -0.3 is 14.9 Å². The van der Waals surface area contributed by atoms with Crippen molar-refractivity contribution in [2.24, 2.45) is 11.3 Å². The number of aliphatic hydroxyl groups excluding tert-OH is 1. The van der Waals surface area contributed by atoms with E-state index >= 15 is 0 Å². The lowest BCUT2D eigenvalue weighted by Crippen LogP contribution is -2.49. The first kappa shape index (κ1) is 23.1. The van der Waals surface area contributed by atoms with Crippen LogP contribution < -0.4 is 4.90 Å². The van der Waals surface area contributed by atoms with Gasteiger partial charge in [0, 0.05) is 43.2 Å². The standard InChI is InChI=1S/C25H26F3N3O2/c1-17-3-2-4-18(9-17)10-23(33)31-14-20-13-30(8-7-24(20,15-31)16-32)21-6-5-19(12-29)22(11-21)25(26,27)28/h2-6,9,11,20,32H,7-8,10,13-16H2,1H3. The van der Waals surface area contributed by atoms with Crippen LogP contribution in [0.4, 0.5) is 18.9 Å². The number of fused-ring (bicyclic) bond motifs is 1. The second kappa shape index (κ2) is 8.71. The van der Waals surface area contributed by atoms with Crippen molar-refractivity contribution in [3.05, 3.63) is 64.7 Å². The number of anilines is 1. The summed E-state index contributed by atoms with van der Waals surface area (Å²) in [5.74, 6) is -0.0604. The number of hydrogen-bond acceptors (Lipinski definition) is 4. The van der Waals surface area contributed by atoms with Crippen LogP contribution in [-0.2, 0) is 17.4 Å². The molecule has 0 aromatic heterocycles. The van der Waals surface area contributed by atoms with E-state index in [1.54, 1.807) is 11.0 Å². The number of aliphatic hydroxyl groups is 1. The van der Waals surface area contributed by atoms with Crippen LogP contribution in [0.3, 0.4) is 0 Å². The summed E-state index contributed by atoms with van der Waals surface area (Å²) in [6.45, 7) is 3.73. The van der Waals surface area contributed by atoms with Crippen LogP contribution in [0.2, 0.25) is 0 Å². The van der Waals surface area contributed by atoms with Crippen molar-refractivity contribution in [3.63, 3.8) is 0 Å². The Morgan fingerprint density at radius 2 is 2.03 bits per heavy atom. The fourth-order valence-corrected chi connectivity index (χ4v) is 5.14. The molecule has 0 bridgehead atoms. The van der Waals surface area contributed by atoms with Gasteiger partial charge in [-0.15, -0.1) is 0 Å². The van der Waals surface area contributed by atoms with Gasteiger partial charge in [0.2, 0.25) is 5.91 Å². The first-order valence-corrected chi connectivity index (χ1v) is 11.0. The molecule has 2 atom stereocenters. The maximum Gasteiger partial charge on any atom is 0.417 e. The third kappa shape index (κ3) is 4.55. The Morgan fingerprint density at radius 1 is 1.24 bits per heavy atom. The van der Waals surface area contributed by atoms with E-state index in [-0.39, 0.29) is 24.9 Å². The summed E-state index contributed by atoms with van der Waals surface area (Å²) in [5, 5.41) is 19.3. The lowest BCUT2D eigenvalue weighted by molar-refractivity contribution is -0.137. The second-order valence-corrected chi connectivity index (χ2v) is 9.19. The summed E-state index contributed by atoms with van der Waals surface area (Å²) in [6, 6.07) is 13.2. The van der Waals surface area contributed by atoms with Gasteiger partial charge >= 0.3 is 6.18 Å². The van der Waals surface area contributed by atoms with E-state index in [2.05, 4.69) is 0 Å². The van der Waals surface area contributed by atoms with E-state index in [1.807, 2.05) is 36.1 Å². The quantitative estimate of drug-likeness (QED) is 0.759. The highest BCUT2D eigenvalue weighted by Crippen LogP contribution is 2.44. The zero-order chi connectivity index (χ0) is 23.8. The number of carbonyl (C=O) groups excluding carboxylic acids is 1. The molecule has 5 nitrogen and oxygen atoms in total. The smallest absolute Gasteiger partial charge is 0.396 e. The summed E-state index contributed by atoms with van der Waals surface area (Å²) < 4.78 is 40.2. The molecule has 8 heteroatoms. The normalized spacial score (nSPS) is 22.7. The minimum absolute atomic E-state index is 0.00731. The number of carbonyl (C=O) groups is 1. The number of benzene rings is 2. The molecule has 2 unspecified atom stereocenters. The minimum atomic E-state index is -4.61. The topological polar surface area (TPSA) is 67.6 Å². The van der Waals surface area contributed by atoms with Crippen LogP contribution >= 0.6 is 0 Å². The summed E-state index contributed by atoms with van der Waals surface area (Å²) in [4.78, 5) is 16.6. The van der Waals surface area contributed by atoms with E-state index in [4.69, 9.17) is 5.26 Å². The molecule has 2 aliphatic heterocycles. The van der Waals surface area contributed by atoms with Crippen molar-refractivity contribution in [3.8, 4) is 6.07 Å². The molecule has 2 fully saturated rings. The van der Waals surface area contributed by atoms with Crippen LogP contribution in [0, 0.1) is 29.6 Å². The largest absolute Gasteiger partial charge is 0.417 e. The molecular weight excluding hydrogens is 431 g/mol. The number of rotatable bonds is 4. The third-order valence-electron chi connectivity index (χ3n) is 7.03. The number of halogens is 3. The number of nitriles is 1. The maximum atomic E-state index is 13.4. The average Bonchev–Trinajstić information content (AvgIpc) is 3.17. The lowest BCUT2D eigenvalue weighted by atomic mass is 9.73. The Balaban J connectivity index is 1.51. The van der Waals surface area contributed by atoms with Crippen molar-refractivity contribution in [2.45, 2.75) is 25.9 Å². The Bertz CT molecular complexity index is 1100. The predicted molar refractivity (Wildman–Crippen MR) is 117 cm³/mol. The van der Waals surface area contributed by atoms with Gasteiger partial charge in [0.05, 0.1) is 30.2 Å². The van der Waals surface area contributed by atoms with Crippen molar-refractivity contribution in [2.75, 3.05) is 37.7 Å². The number of amides is 1. The molecule has 1 amide bonds. The van der Waals surface area contributed by atoms with E-state index < -0.39 is 22.7 Å². The number of nitrogens with zero attached hydrogens (tertiary/aromatic N) is 3. The monoisotopic (exact) mass is 457 g/mol. The van der Waals surface area contributed by atoms with E-state index in [9.17, 15) is 23.1 Å². The molecule has 2 aromatic carbocycles.